The molecule has 2 rings (SSSR count). The highest BCUT2D eigenvalue weighted by molar-refractivity contribution is 5.86. The average molecular weight is 290 g/mol. The van der Waals surface area contributed by atoms with Crippen molar-refractivity contribution >= 4 is 5.91 Å². The van der Waals surface area contributed by atoms with E-state index in [-0.39, 0.29) is 5.91 Å². The molecule has 0 saturated heterocycles. The molecule has 4 heteroatoms. The van der Waals surface area contributed by atoms with Crippen molar-refractivity contribution in [3.8, 4) is 5.75 Å². The lowest BCUT2D eigenvalue weighted by atomic mass is 9.81. The molecule has 1 aliphatic carbocycles. The normalized spacial score (nSPS) is 17.3. The maximum Gasteiger partial charge on any atom is 0.242 e. The molecule has 21 heavy (non-hydrogen) atoms. The molecule has 0 heterocycles. The van der Waals surface area contributed by atoms with Gasteiger partial charge >= 0.3 is 0 Å². The Morgan fingerprint density at radius 1 is 1.29 bits per heavy atom. The standard InChI is InChI=1S/C17H26N2O2/c1-19(16(20)17(18)11-6-3-7-12-17)13-10-14-8-4-5-9-15(14)21-2/h4-5,8-9H,3,6-7,10-13,18H2,1-2H3. The maximum atomic E-state index is 12.6. The molecule has 1 saturated carbocycles. The number of ether oxygens (including phenoxy) is 1. The molecule has 0 bridgehead atoms. The Morgan fingerprint density at radius 2 is 1.95 bits per heavy atom. The molecule has 1 amide bonds. The summed E-state index contributed by atoms with van der Waals surface area (Å²) in [6.07, 6.45) is 5.71. The van der Waals surface area contributed by atoms with Crippen LogP contribution in [0.4, 0.5) is 0 Å². The van der Waals surface area contributed by atoms with Crippen LogP contribution in [0.5, 0.6) is 5.75 Å². The van der Waals surface area contributed by atoms with E-state index in [2.05, 4.69) is 0 Å². The predicted octanol–water partition coefficient (Wildman–Crippen LogP) is 2.36. The first-order valence-electron chi connectivity index (χ1n) is 7.73. The number of likely N-dealkylation sites (N-methyl/N-ethyl adjacent to an activating group) is 1. The van der Waals surface area contributed by atoms with Crippen LogP contribution < -0.4 is 10.5 Å². The van der Waals surface area contributed by atoms with E-state index >= 15 is 0 Å². The fraction of sp³-hybridized carbons (Fsp3) is 0.588. The zero-order valence-corrected chi connectivity index (χ0v) is 13.1. The third-order valence-corrected chi connectivity index (χ3v) is 4.43. The van der Waals surface area contributed by atoms with Crippen LogP contribution >= 0.6 is 0 Å². The van der Waals surface area contributed by atoms with Gasteiger partial charge in [0.05, 0.1) is 12.6 Å². The van der Waals surface area contributed by atoms with E-state index in [9.17, 15) is 4.79 Å². The average Bonchev–Trinajstić information content (AvgIpc) is 2.52. The van der Waals surface area contributed by atoms with Crippen LogP contribution in [0.2, 0.25) is 0 Å². The molecule has 0 spiro atoms. The summed E-state index contributed by atoms with van der Waals surface area (Å²) in [6.45, 7) is 0.665. The molecule has 0 radical (unpaired) electrons. The van der Waals surface area contributed by atoms with Gasteiger partial charge in [0.25, 0.3) is 0 Å². The highest BCUT2D eigenvalue weighted by Gasteiger charge is 2.37. The molecular weight excluding hydrogens is 264 g/mol. The lowest BCUT2D eigenvalue weighted by Gasteiger charge is -2.35. The highest BCUT2D eigenvalue weighted by atomic mass is 16.5. The molecule has 0 aromatic heterocycles. The monoisotopic (exact) mass is 290 g/mol. The summed E-state index contributed by atoms with van der Waals surface area (Å²) >= 11 is 0. The van der Waals surface area contributed by atoms with E-state index in [1.165, 1.54) is 6.42 Å². The van der Waals surface area contributed by atoms with Crippen LogP contribution in [0.15, 0.2) is 24.3 Å². The fourth-order valence-electron chi connectivity index (χ4n) is 3.08. The van der Waals surface area contributed by atoms with Gasteiger partial charge in [-0.1, -0.05) is 37.5 Å². The Morgan fingerprint density at radius 3 is 2.62 bits per heavy atom. The number of methoxy groups -OCH3 is 1. The summed E-state index contributed by atoms with van der Waals surface area (Å²) in [6, 6.07) is 7.93. The maximum absolute atomic E-state index is 12.6. The Hall–Kier alpha value is -1.55. The smallest absolute Gasteiger partial charge is 0.242 e. The van der Waals surface area contributed by atoms with Crippen molar-refractivity contribution in [2.45, 2.75) is 44.1 Å². The molecule has 2 N–H and O–H groups in total. The van der Waals surface area contributed by atoms with Crippen molar-refractivity contribution in [1.82, 2.24) is 4.90 Å². The van der Waals surface area contributed by atoms with Gasteiger partial charge in [-0.15, -0.1) is 0 Å². The van der Waals surface area contributed by atoms with Crippen molar-refractivity contribution in [2.24, 2.45) is 5.73 Å². The number of nitrogens with two attached hydrogens (primary N) is 1. The van der Waals surface area contributed by atoms with Crippen molar-refractivity contribution in [3.63, 3.8) is 0 Å². The van der Waals surface area contributed by atoms with Crippen LogP contribution in [0.3, 0.4) is 0 Å². The highest BCUT2D eigenvalue weighted by Crippen LogP contribution is 2.27. The van der Waals surface area contributed by atoms with Crippen LogP contribution in [0.1, 0.15) is 37.7 Å². The quantitative estimate of drug-likeness (QED) is 0.905. The topological polar surface area (TPSA) is 55.6 Å². The molecule has 0 atom stereocenters. The second-order valence-corrected chi connectivity index (χ2v) is 6.01. The van der Waals surface area contributed by atoms with Gasteiger partial charge < -0.3 is 15.4 Å². The van der Waals surface area contributed by atoms with E-state index < -0.39 is 5.54 Å². The zero-order chi connectivity index (χ0) is 15.3. The minimum absolute atomic E-state index is 0.0806. The molecule has 1 aliphatic rings. The minimum atomic E-state index is -0.645. The first kappa shape index (κ1) is 15.8. The molecule has 116 valence electrons. The number of carbonyl (C=O) groups is 1. The SMILES string of the molecule is COc1ccccc1CCN(C)C(=O)C1(N)CCCCC1. The van der Waals surface area contributed by atoms with Gasteiger partial charge in [0.15, 0.2) is 0 Å². The van der Waals surface area contributed by atoms with Crippen LogP contribution in [0.25, 0.3) is 0 Å². The summed E-state index contributed by atoms with van der Waals surface area (Å²) in [7, 11) is 3.52. The Balaban J connectivity index is 1.94. The molecule has 1 fully saturated rings. The van der Waals surface area contributed by atoms with Crippen LogP contribution in [0, 0.1) is 0 Å². The van der Waals surface area contributed by atoms with Crippen molar-refractivity contribution in [1.29, 1.82) is 0 Å². The van der Waals surface area contributed by atoms with Gasteiger partial charge in [0, 0.05) is 13.6 Å². The summed E-state index contributed by atoms with van der Waals surface area (Å²) < 4.78 is 5.35. The third-order valence-electron chi connectivity index (χ3n) is 4.43. The summed E-state index contributed by atoms with van der Waals surface area (Å²) in [5.74, 6) is 0.954. The molecule has 1 aromatic carbocycles. The lowest BCUT2D eigenvalue weighted by Crippen LogP contribution is -2.55. The number of nitrogens with zero attached hydrogens (tertiary/aromatic N) is 1. The number of benzene rings is 1. The van der Waals surface area contributed by atoms with Gasteiger partial charge in [0.2, 0.25) is 5.91 Å². The third kappa shape index (κ3) is 3.76. The van der Waals surface area contributed by atoms with Gasteiger partial charge in [-0.05, 0) is 30.9 Å². The number of carbonyl (C=O) groups excluding carboxylic acids is 1. The van der Waals surface area contributed by atoms with E-state index in [1.54, 1.807) is 12.0 Å². The van der Waals surface area contributed by atoms with Crippen LogP contribution in [-0.4, -0.2) is 37.0 Å². The predicted molar refractivity (Wildman–Crippen MR) is 84.3 cm³/mol. The van der Waals surface area contributed by atoms with Gasteiger partial charge in [-0.2, -0.15) is 0 Å². The molecule has 1 aromatic rings. The van der Waals surface area contributed by atoms with Gasteiger partial charge in [-0.25, -0.2) is 0 Å². The number of para-hydroxylation sites is 1. The minimum Gasteiger partial charge on any atom is -0.496 e. The second kappa shape index (κ2) is 6.94. The molecular formula is C17H26N2O2. The summed E-state index contributed by atoms with van der Waals surface area (Å²) in [4.78, 5) is 14.3. The number of hydrogen-bond acceptors (Lipinski definition) is 3. The van der Waals surface area contributed by atoms with Crippen molar-refractivity contribution < 1.29 is 9.53 Å². The lowest BCUT2D eigenvalue weighted by molar-refractivity contribution is -0.136. The molecule has 0 aliphatic heterocycles. The first-order chi connectivity index (χ1) is 10.1. The zero-order valence-electron chi connectivity index (χ0n) is 13.1. The Bertz CT molecular complexity index is 481. The van der Waals surface area contributed by atoms with Crippen molar-refractivity contribution in [3.05, 3.63) is 29.8 Å². The number of amides is 1. The van der Waals surface area contributed by atoms with Crippen molar-refractivity contribution in [2.75, 3.05) is 20.7 Å². The van der Waals surface area contributed by atoms with Crippen LogP contribution in [-0.2, 0) is 11.2 Å². The first-order valence-corrected chi connectivity index (χ1v) is 7.73. The van der Waals surface area contributed by atoms with E-state index in [1.807, 2.05) is 31.3 Å². The van der Waals surface area contributed by atoms with E-state index in [0.29, 0.717) is 6.54 Å². The van der Waals surface area contributed by atoms with E-state index in [0.717, 1.165) is 43.4 Å². The van der Waals surface area contributed by atoms with Gasteiger partial charge in [0.1, 0.15) is 5.75 Å². The van der Waals surface area contributed by atoms with Gasteiger partial charge in [-0.3, -0.25) is 4.79 Å². The summed E-state index contributed by atoms with van der Waals surface area (Å²) in [5, 5.41) is 0. The largest absolute Gasteiger partial charge is 0.496 e. The molecule has 0 unspecified atom stereocenters. The number of rotatable bonds is 5. The Kier molecular flexibility index (Phi) is 5.23. The summed E-state index contributed by atoms with van der Waals surface area (Å²) in [5.41, 5.74) is 6.79. The Labute approximate surface area is 127 Å². The number of hydrogen-bond donors (Lipinski definition) is 1. The fourth-order valence-corrected chi connectivity index (χ4v) is 3.08. The second-order valence-electron chi connectivity index (χ2n) is 6.01. The molecule has 4 nitrogen and oxygen atoms in total. The van der Waals surface area contributed by atoms with E-state index in [4.69, 9.17) is 10.5 Å².